The molecule has 0 saturated carbocycles. The topological polar surface area (TPSA) is 24.8 Å². The Bertz CT molecular complexity index is 1050. The van der Waals surface area contributed by atoms with Crippen molar-refractivity contribution in [3.63, 3.8) is 0 Å². The van der Waals surface area contributed by atoms with Crippen molar-refractivity contribution in [3.05, 3.63) is 84.4 Å². The summed E-state index contributed by atoms with van der Waals surface area (Å²) in [4.78, 5) is 1.18. The van der Waals surface area contributed by atoms with Crippen LogP contribution in [0.4, 0.5) is 0 Å². The Kier molecular flexibility index (Phi) is 4.43. The van der Waals surface area contributed by atoms with Crippen LogP contribution in [0.1, 0.15) is 34.7 Å². The Labute approximate surface area is 179 Å². The Hall–Kier alpha value is -1.53. The second-order valence-corrected chi connectivity index (χ2v) is 9.15. The molecule has 0 amide bonds. The average molecular weight is 480 g/mol. The van der Waals surface area contributed by atoms with Crippen molar-refractivity contribution in [2.24, 2.45) is 5.10 Å². The number of halogens is 3. The van der Waals surface area contributed by atoms with Crippen LogP contribution in [0.5, 0.6) is 5.75 Å². The maximum atomic E-state index is 6.50. The van der Waals surface area contributed by atoms with Crippen LogP contribution in [0.15, 0.2) is 63.5 Å². The largest absolute Gasteiger partial charge is 0.464 e. The molecule has 2 atom stereocenters. The first-order valence-corrected chi connectivity index (χ1v) is 10.8. The SMILES string of the molecule is Clc1ccc([C@@H]2Oc3ccc(Br)cc3[C@@H]3CC(c4cccs4)=NN32)c(Cl)c1. The lowest BCUT2D eigenvalue weighted by molar-refractivity contribution is -0.0190. The number of rotatable bonds is 2. The summed E-state index contributed by atoms with van der Waals surface area (Å²) < 4.78 is 7.37. The molecule has 2 aromatic carbocycles. The van der Waals surface area contributed by atoms with Crippen molar-refractivity contribution in [3.8, 4) is 5.75 Å². The van der Waals surface area contributed by atoms with E-state index >= 15 is 0 Å². The van der Waals surface area contributed by atoms with Gasteiger partial charge in [0.1, 0.15) is 5.75 Å². The van der Waals surface area contributed by atoms with Crippen LogP contribution >= 0.6 is 50.5 Å². The Morgan fingerprint density at radius 3 is 2.78 bits per heavy atom. The second kappa shape index (κ2) is 6.82. The molecule has 136 valence electrons. The maximum Gasteiger partial charge on any atom is 0.215 e. The molecule has 27 heavy (non-hydrogen) atoms. The van der Waals surface area contributed by atoms with Crippen molar-refractivity contribution >= 4 is 56.2 Å². The van der Waals surface area contributed by atoms with Crippen LogP contribution in [0.3, 0.4) is 0 Å². The highest BCUT2D eigenvalue weighted by Gasteiger charge is 2.41. The molecule has 0 N–H and O–H groups in total. The number of hydrazone groups is 1. The first kappa shape index (κ1) is 17.6. The second-order valence-electron chi connectivity index (χ2n) is 6.44. The minimum absolute atomic E-state index is 0.0973. The number of thiophene rings is 1. The summed E-state index contributed by atoms with van der Waals surface area (Å²) in [5.74, 6) is 0.859. The van der Waals surface area contributed by atoms with Gasteiger partial charge < -0.3 is 4.74 Å². The van der Waals surface area contributed by atoms with Gasteiger partial charge in [-0.05, 0) is 41.8 Å². The molecule has 0 radical (unpaired) electrons. The predicted molar refractivity (Wildman–Crippen MR) is 114 cm³/mol. The zero-order valence-corrected chi connectivity index (χ0v) is 17.8. The molecule has 3 aromatic rings. The van der Waals surface area contributed by atoms with Gasteiger partial charge in [-0.15, -0.1) is 11.3 Å². The molecule has 0 saturated heterocycles. The lowest BCUT2D eigenvalue weighted by atomic mass is 9.97. The molecule has 2 aliphatic rings. The van der Waals surface area contributed by atoms with E-state index in [0.717, 1.165) is 33.5 Å². The van der Waals surface area contributed by atoms with E-state index in [1.807, 2.05) is 29.3 Å². The minimum atomic E-state index is -0.397. The van der Waals surface area contributed by atoms with Crippen molar-refractivity contribution in [2.45, 2.75) is 18.7 Å². The third-order valence-corrected chi connectivity index (χ3v) is 6.76. The van der Waals surface area contributed by atoms with Gasteiger partial charge in [0.2, 0.25) is 6.23 Å². The van der Waals surface area contributed by atoms with Crippen molar-refractivity contribution in [2.75, 3.05) is 0 Å². The van der Waals surface area contributed by atoms with Gasteiger partial charge in [0, 0.05) is 27.0 Å². The number of ether oxygens (including phenoxy) is 1. The molecule has 5 rings (SSSR count). The van der Waals surface area contributed by atoms with Crippen LogP contribution in [0.2, 0.25) is 10.0 Å². The zero-order valence-electron chi connectivity index (χ0n) is 13.9. The molecule has 3 heterocycles. The van der Waals surface area contributed by atoms with Crippen LogP contribution < -0.4 is 4.74 Å². The van der Waals surface area contributed by atoms with Crippen LogP contribution in [0.25, 0.3) is 0 Å². The fourth-order valence-electron chi connectivity index (χ4n) is 3.56. The molecule has 3 nitrogen and oxygen atoms in total. The van der Waals surface area contributed by atoms with Crippen molar-refractivity contribution in [1.29, 1.82) is 0 Å². The van der Waals surface area contributed by atoms with E-state index in [4.69, 9.17) is 33.0 Å². The lowest BCUT2D eigenvalue weighted by Gasteiger charge is -2.38. The monoisotopic (exact) mass is 478 g/mol. The molecule has 0 spiro atoms. The molecular formula is C20H13BrCl2N2OS. The highest BCUT2D eigenvalue weighted by Crippen LogP contribution is 2.49. The van der Waals surface area contributed by atoms with Gasteiger partial charge in [0.05, 0.1) is 21.7 Å². The van der Waals surface area contributed by atoms with Crippen LogP contribution in [-0.4, -0.2) is 10.7 Å². The smallest absolute Gasteiger partial charge is 0.215 e. The summed E-state index contributed by atoms with van der Waals surface area (Å²) in [7, 11) is 0. The summed E-state index contributed by atoms with van der Waals surface area (Å²) in [6, 6.07) is 15.8. The molecule has 0 unspecified atom stereocenters. The Morgan fingerprint density at radius 1 is 1.11 bits per heavy atom. The quantitative estimate of drug-likeness (QED) is 0.393. The summed E-state index contributed by atoms with van der Waals surface area (Å²) in [6.45, 7) is 0. The zero-order chi connectivity index (χ0) is 18.5. The fraction of sp³-hybridized carbons (Fsp3) is 0.150. The van der Waals surface area contributed by atoms with E-state index < -0.39 is 6.23 Å². The van der Waals surface area contributed by atoms with Gasteiger partial charge in [-0.25, -0.2) is 5.01 Å². The van der Waals surface area contributed by atoms with Gasteiger partial charge in [-0.1, -0.05) is 51.3 Å². The highest BCUT2D eigenvalue weighted by molar-refractivity contribution is 9.10. The van der Waals surface area contributed by atoms with Gasteiger partial charge in [-0.3, -0.25) is 0 Å². The minimum Gasteiger partial charge on any atom is -0.464 e. The molecule has 0 aliphatic carbocycles. The van der Waals surface area contributed by atoms with E-state index in [1.165, 1.54) is 4.88 Å². The molecule has 2 aliphatic heterocycles. The van der Waals surface area contributed by atoms with Crippen LogP contribution in [0, 0.1) is 0 Å². The predicted octanol–water partition coefficient (Wildman–Crippen LogP) is 7.06. The Balaban J connectivity index is 1.64. The summed E-state index contributed by atoms with van der Waals surface area (Å²) >= 11 is 17.9. The molecule has 0 bridgehead atoms. The molecular weight excluding hydrogens is 467 g/mol. The van der Waals surface area contributed by atoms with Crippen molar-refractivity contribution in [1.82, 2.24) is 5.01 Å². The summed E-state index contributed by atoms with van der Waals surface area (Å²) in [6.07, 6.45) is 0.431. The number of benzene rings is 2. The molecule has 1 aromatic heterocycles. The van der Waals surface area contributed by atoms with E-state index in [1.54, 1.807) is 17.4 Å². The number of nitrogens with zero attached hydrogens (tertiary/aromatic N) is 2. The van der Waals surface area contributed by atoms with E-state index in [9.17, 15) is 0 Å². The lowest BCUT2D eigenvalue weighted by Crippen LogP contribution is -2.33. The van der Waals surface area contributed by atoms with E-state index in [2.05, 4.69) is 39.5 Å². The molecule has 0 fully saturated rings. The first-order valence-electron chi connectivity index (χ1n) is 8.41. The third kappa shape index (κ3) is 3.07. The summed E-state index contributed by atoms with van der Waals surface area (Å²) in [5, 5.41) is 10.2. The van der Waals surface area contributed by atoms with Gasteiger partial charge in [0.15, 0.2) is 0 Å². The standard InChI is InChI=1S/C20H13BrCl2N2OS/c21-11-3-6-18-14(8-11)17-10-16(19-2-1-7-27-19)24-25(17)20(26-18)13-5-4-12(22)9-15(13)23/h1-9,17,20H,10H2/t17-,20-/m0/s1. The van der Waals surface area contributed by atoms with E-state index in [0.29, 0.717) is 10.0 Å². The first-order chi connectivity index (χ1) is 13.1. The third-order valence-electron chi connectivity index (χ3n) is 4.79. The number of hydrogen-bond acceptors (Lipinski definition) is 4. The maximum absolute atomic E-state index is 6.50. The van der Waals surface area contributed by atoms with Gasteiger partial charge >= 0.3 is 0 Å². The fourth-order valence-corrected chi connectivity index (χ4v) is 5.16. The average Bonchev–Trinajstić information content (AvgIpc) is 3.31. The normalized spacial score (nSPS) is 20.7. The van der Waals surface area contributed by atoms with E-state index in [-0.39, 0.29) is 6.04 Å². The van der Waals surface area contributed by atoms with Gasteiger partial charge in [-0.2, -0.15) is 5.10 Å². The van der Waals surface area contributed by atoms with Crippen molar-refractivity contribution < 1.29 is 4.74 Å². The highest BCUT2D eigenvalue weighted by atomic mass is 79.9. The van der Waals surface area contributed by atoms with Crippen LogP contribution in [-0.2, 0) is 0 Å². The Morgan fingerprint density at radius 2 is 2.00 bits per heavy atom. The molecule has 7 heteroatoms. The number of hydrogen-bond donors (Lipinski definition) is 0. The summed E-state index contributed by atoms with van der Waals surface area (Å²) in [5.41, 5.74) is 3.05. The van der Waals surface area contributed by atoms with Gasteiger partial charge in [0.25, 0.3) is 0 Å². The number of fused-ring (bicyclic) bond motifs is 3.